The standard InChI is InChI=1S/C17H26N2O/c1-3-15-11-19(13(2)8-9-18-15)10-14-12-20-17-7-5-4-6-16(14)17/h4-7,13-15,18H,3,8-12H2,1-2H3. The second-order valence-corrected chi connectivity index (χ2v) is 6.20. The van der Waals surface area contributed by atoms with Gasteiger partial charge in [0.1, 0.15) is 5.75 Å². The molecule has 20 heavy (non-hydrogen) atoms. The van der Waals surface area contributed by atoms with E-state index in [0.29, 0.717) is 18.0 Å². The lowest BCUT2D eigenvalue weighted by molar-refractivity contribution is 0.180. The molecule has 0 radical (unpaired) electrons. The number of hydrogen-bond acceptors (Lipinski definition) is 3. The summed E-state index contributed by atoms with van der Waals surface area (Å²) in [4.78, 5) is 2.66. The molecule has 1 N–H and O–H groups in total. The van der Waals surface area contributed by atoms with Crippen LogP contribution in [0.1, 0.15) is 38.2 Å². The van der Waals surface area contributed by atoms with Crippen molar-refractivity contribution in [3.8, 4) is 5.75 Å². The van der Waals surface area contributed by atoms with Gasteiger partial charge in [0.15, 0.2) is 0 Å². The van der Waals surface area contributed by atoms with Gasteiger partial charge in [-0.15, -0.1) is 0 Å². The van der Waals surface area contributed by atoms with Crippen LogP contribution in [0.3, 0.4) is 0 Å². The molecule has 110 valence electrons. The van der Waals surface area contributed by atoms with Gasteiger partial charge in [0.2, 0.25) is 0 Å². The zero-order valence-corrected chi connectivity index (χ0v) is 12.6. The van der Waals surface area contributed by atoms with E-state index in [0.717, 1.165) is 32.0 Å². The molecule has 1 saturated heterocycles. The van der Waals surface area contributed by atoms with Crippen molar-refractivity contribution in [1.29, 1.82) is 0 Å². The Kier molecular flexibility index (Phi) is 4.27. The van der Waals surface area contributed by atoms with Gasteiger partial charge >= 0.3 is 0 Å². The van der Waals surface area contributed by atoms with Crippen molar-refractivity contribution in [2.75, 3.05) is 26.2 Å². The van der Waals surface area contributed by atoms with Gasteiger partial charge in [-0.3, -0.25) is 4.90 Å². The number of fused-ring (bicyclic) bond motifs is 1. The molecule has 2 heterocycles. The SMILES string of the molecule is CCC1CN(CC2COc3ccccc32)C(C)CCN1. The molecule has 3 unspecified atom stereocenters. The highest BCUT2D eigenvalue weighted by Gasteiger charge is 2.29. The van der Waals surface area contributed by atoms with Crippen molar-refractivity contribution in [2.24, 2.45) is 0 Å². The number of ether oxygens (including phenoxy) is 1. The van der Waals surface area contributed by atoms with E-state index in [1.165, 1.54) is 18.4 Å². The summed E-state index contributed by atoms with van der Waals surface area (Å²) in [5, 5.41) is 3.66. The van der Waals surface area contributed by atoms with E-state index < -0.39 is 0 Å². The first-order valence-corrected chi connectivity index (χ1v) is 7.97. The highest BCUT2D eigenvalue weighted by molar-refractivity contribution is 5.39. The molecule has 3 heteroatoms. The molecule has 0 aliphatic carbocycles. The molecule has 3 rings (SSSR count). The number of nitrogens with one attached hydrogen (secondary N) is 1. The van der Waals surface area contributed by atoms with Crippen molar-refractivity contribution in [3.63, 3.8) is 0 Å². The van der Waals surface area contributed by atoms with E-state index in [-0.39, 0.29) is 0 Å². The molecule has 0 bridgehead atoms. The maximum absolute atomic E-state index is 5.83. The molecule has 0 amide bonds. The first-order valence-electron chi connectivity index (χ1n) is 7.97. The minimum Gasteiger partial charge on any atom is -0.493 e. The summed E-state index contributed by atoms with van der Waals surface area (Å²) in [6.45, 7) is 8.91. The molecule has 0 aromatic heterocycles. The van der Waals surface area contributed by atoms with Crippen LogP contribution < -0.4 is 10.1 Å². The van der Waals surface area contributed by atoms with Crippen molar-refractivity contribution < 1.29 is 4.74 Å². The minimum atomic E-state index is 0.532. The lowest BCUT2D eigenvalue weighted by atomic mass is 9.99. The molecular weight excluding hydrogens is 248 g/mol. The molecule has 2 aliphatic rings. The average Bonchev–Trinajstić information content (AvgIpc) is 2.79. The van der Waals surface area contributed by atoms with E-state index in [4.69, 9.17) is 4.74 Å². The highest BCUT2D eigenvalue weighted by Crippen LogP contribution is 2.34. The van der Waals surface area contributed by atoms with Crippen LogP contribution in [0.5, 0.6) is 5.75 Å². The normalized spacial score (nSPS) is 30.6. The predicted molar refractivity (Wildman–Crippen MR) is 82.4 cm³/mol. The number of nitrogens with zero attached hydrogens (tertiary/aromatic N) is 1. The van der Waals surface area contributed by atoms with Crippen molar-refractivity contribution >= 4 is 0 Å². The van der Waals surface area contributed by atoms with Gasteiger partial charge in [0.05, 0.1) is 6.61 Å². The Hall–Kier alpha value is -1.06. The summed E-state index contributed by atoms with van der Waals surface area (Å²) in [5.74, 6) is 1.62. The second-order valence-electron chi connectivity index (χ2n) is 6.20. The number of rotatable bonds is 3. The summed E-state index contributed by atoms with van der Waals surface area (Å²) in [7, 11) is 0. The Morgan fingerprint density at radius 1 is 1.35 bits per heavy atom. The van der Waals surface area contributed by atoms with E-state index in [2.05, 4.69) is 48.3 Å². The van der Waals surface area contributed by atoms with E-state index in [1.807, 2.05) is 0 Å². The molecule has 2 aliphatic heterocycles. The van der Waals surface area contributed by atoms with Crippen molar-refractivity contribution in [3.05, 3.63) is 29.8 Å². The molecule has 1 aromatic rings. The topological polar surface area (TPSA) is 24.5 Å². The molecule has 0 spiro atoms. The molecule has 1 fully saturated rings. The average molecular weight is 274 g/mol. The molecule has 3 nitrogen and oxygen atoms in total. The van der Waals surface area contributed by atoms with Crippen LogP contribution in [0.25, 0.3) is 0 Å². The lowest BCUT2D eigenvalue weighted by Crippen LogP contribution is -2.42. The third-order valence-electron chi connectivity index (χ3n) is 4.82. The second kappa shape index (κ2) is 6.15. The fourth-order valence-electron chi connectivity index (χ4n) is 3.40. The number of para-hydroxylation sites is 1. The lowest BCUT2D eigenvalue weighted by Gasteiger charge is -2.30. The van der Waals surface area contributed by atoms with Crippen molar-refractivity contribution in [2.45, 2.75) is 44.7 Å². The Labute approximate surface area is 122 Å². The van der Waals surface area contributed by atoms with Crippen LogP contribution in [-0.2, 0) is 0 Å². The monoisotopic (exact) mass is 274 g/mol. The first kappa shape index (κ1) is 13.9. The summed E-state index contributed by atoms with van der Waals surface area (Å²) in [6.07, 6.45) is 2.45. The predicted octanol–water partition coefficient (Wildman–Crippen LogP) is 2.62. The summed E-state index contributed by atoms with van der Waals surface area (Å²) in [5.41, 5.74) is 1.39. The third-order valence-corrected chi connectivity index (χ3v) is 4.82. The van der Waals surface area contributed by atoms with Crippen LogP contribution in [0, 0.1) is 0 Å². The van der Waals surface area contributed by atoms with Crippen LogP contribution in [0.2, 0.25) is 0 Å². The summed E-state index contributed by atoms with van der Waals surface area (Å²) in [6, 6.07) is 9.81. The van der Waals surface area contributed by atoms with E-state index in [1.54, 1.807) is 0 Å². The van der Waals surface area contributed by atoms with Gasteiger partial charge in [0, 0.05) is 36.7 Å². The van der Waals surface area contributed by atoms with Gasteiger partial charge in [-0.2, -0.15) is 0 Å². The van der Waals surface area contributed by atoms with Crippen LogP contribution in [-0.4, -0.2) is 43.2 Å². The summed E-state index contributed by atoms with van der Waals surface area (Å²) < 4.78 is 5.83. The van der Waals surface area contributed by atoms with E-state index in [9.17, 15) is 0 Å². The Bertz CT molecular complexity index is 448. The van der Waals surface area contributed by atoms with Gasteiger partial charge in [0.25, 0.3) is 0 Å². The van der Waals surface area contributed by atoms with Crippen molar-refractivity contribution in [1.82, 2.24) is 10.2 Å². The fraction of sp³-hybridized carbons (Fsp3) is 0.647. The fourth-order valence-corrected chi connectivity index (χ4v) is 3.40. The largest absolute Gasteiger partial charge is 0.493 e. The smallest absolute Gasteiger partial charge is 0.122 e. The van der Waals surface area contributed by atoms with Gasteiger partial charge < -0.3 is 10.1 Å². The van der Waals surface area contributed by atoms with Gasteiger partial charge in [-0.25, -0.2) is 0 Å². The zero-order valence-electron chi connectivity index (χ0n) is 12.6. The maximum atomic E-state index is 5.83. The highest BCUT2D eigenvalue weighted by atomic mass is 16.5. The summed E-state index contributed by atoms with van der Waals surface area (Å²) >= 11 is 0. The van der Waals surface area contributed by atoms with Crippen LogP contribution in [0.4, 0.5) is 0 Å². The maximum Gasteiger partial charge on any atom is 0.122 e. The number of benzene rings is 1. The zero-order chi connectivity index (χ0) is 13.9. The quantitative estimate of drug-likeness (QED) is 0.917. The van der Waals surface area contributed by atoms with Crippen LogP contribution in [0.15, 0.2) is 24.3 Å². The van der Waals surface area contributed by atoms with Gasteiger partial charge in [-0.1, -0.05) is 25.1 Å². The molecular formula is C17H26N2O. The minimum absolute atomic E-state index is 0.532. The Morgan fingerprint density at radius 2 is 2.20 bits per heavy atom. The van der Waals surface area contributed by atoms with Gasteiger partial charge in [-0.05, 0) is 32.4 Å². The molecule has 1 aromatic carbocycles. The first-order chi connectivity index (χ1) is 9.78. The third kappa shape index (κ3) is 2.84. The Morgan fingerprint density at radius 3 is 3.05 bits per heavy atom. The number of hydrogen-bond donors (Lipinski definition) is 1. The van der Waals surface area contributed by atoms with Crippen LogP contribution >= 0.6 is 0 Å². The Balaban J connectivity index is 1.70. The molecule has 0 saturated carbocycles. The van der Waals surface area contributed by atoms with E-state index >= 15 is 0 Å². The molecule has 3 atom stereocenters.